The van der Waals surface area contributed by atoms with Gasteiger partial charge in [0.15, 0.2) is 17.9 Å². The second-order valence-corrected chi connectivity index (χ2v) is 11.6. The normalized spacial score (nSPS) is 22.8. The predicted molar refractivity (Wildman–Crippen MR) is 171 cm³/mol. The summed E-state index contributed by atoms with van der Waals surface area (Å²) in [6.07, 6.45) is -1.78. The van der Waals surface area contributed by atoms with Crippen LogP contribution in [0.4, 0.5) is 8.78 Å². The standard InChI is InChI=1S/C37H37ClF2O6/c1-4-43-31-18-15-27(33(39)34(31)40)19-28-20-29(16-17-30(28)38)37(42-3)24(2)35(44-22-25-11-7-5-8-12-25)36(32(21-41)46-37)45-23-26-13-9-6-10-14-26/h5-18,20-21,24,32,35-36H,4,19,22-23H2,1-3H3. The number of ether oxygens (including phenoxy) is 5. The van der Waals surface area contributed by atoms with Gasteiger partial charge in [-0.25, -0.2) is 4.39 Å². The summed E-state index contributed by atoms with van der Waals surface area (Å²) in [5.41, 5.74) is 3.04. The Labute approximate surface area is 273 Å². The van der Waals surface area contributed by atoms with E-state index in [0.29, 0.717) is 22.4 Å². The van der Waals surface area contributed by atoms with Crippen molar-refractivity contribution in [2.45, 2.75) is 57.6 Å². The number of hydrogen-bond acceptors (Lipinski definition) is 6. The largest absolute Gasteiger partial charge is 0.491 e. The molecule has 9 heteroatoms. The third-order valence-electron chi connectivity index (χ3n) is 8.31. The van der Waals surface area contributed by atoms with Gasteiger partial charge in [0.25, 0.3) is 0 Å². The van der Waals surface area contributed by atoms with Crippen LogP contribution in [0.3, 0.4) is 0 Å². The van der Waals surface area contributed by atoms with E-state index < -0.39 is 41.7 Å². The molecule has 0 saturated carbocycles. The molecule has 0 aliphatic carbocycles. The molecule has 1 heterocycles. The molecular formula is C37H37ClF2O6. The van der Waals surface area contributed by atoms with Gasteiger partial charge in [0.2, 0.25) is 11.6 Å². The number of hydrogen-bond donors (Lipinski definition) is 0. The Morgan fingerprint density at radius 2 is 1.48 bits per heavy atom. The molecule has 1 fully saturated rings. The van der Waals surface area contributed by atoms with Gasteiger partial charge in [-0.05, 0) is 47.4 Å². The zero-order chi connectivity index (χ0) is 32.7. The van der Waals surface area contributed by atoms with Crippen molar-refractivity contribution in [2.24, 2.45) is 5.92 Å². The summed E-state index contributed by atoms with van der Waals surface area (Å²) in [6, 6.07) is 27.3. The van der Waals surface area contributed by atoms with Crippen molar-refractivity contribution in [3.8, 4) is 5.75 Å². The quantitative estimate of drug-likeness (QED) is 0.138. The lowest BCUT2D eigenvalue weighted by Gasteiger charge is -2.50. The van der Waals surface area contributed by atoms with Crippen molar-refractivity contribution in [3.05, 3.63) is 135 Å². The molecule has 0 N–H and O–H groups in total. The molecular weight excluding hydrogens is 614 g/mol. The minimum absolute atomic E-state index is 0.0101. The first-order valence-corrected chi connectivity index (χ1v) is 15.6. The molecule has 5 rings (SSSR count). The number of carbonyl (C=O) groups excluding carboxylic acids is 1. The molecule has 1 aliphatic heterocycles. The number of halogens is 3. The molecule has 242 valence electrons. The third kappa shape index (κ3) is 7.17. The maximum Gasteiger partial charge on any atom is 0.200 e. The Morgan fingerprint density at radius 1 is 0.848 bits per heavy atom. The van der Waals surface area contributed by atoms with Gasteiger partial charge in [-0.1, -0.05) is 91.3 Å². The Hall–Kier alpha value is -3.66. The van der Waals surface area contributed by atoms with E-state index >= 15 is 4.39 Å². The number of aldehydes is 1. The van der Waals surface area contributed by atoms with E-state index in [1.165, 1.54) is 19.2 Å². The summed E-state index contributed by atoms with van der Waals surface area (Å²) in [7, 11) is 1.49. The van der Waals surface area contributed by atoms with E-state index in [9.17, 15) is 9.18 Å². The summed E-state index contributed by atoms with van der Waals surface area (Å²) in [5, 5.41) is 0.347. The molecule has 1 aliphatic rings. The summed E-state index contributed by atoms with van der Waals surface area (Å²) in [6.45, 7) is 4.32. The Balaban J connectivity index is 1.49. The molecule has 5 atom stereocenters. The van der Waals surface area contributed by atoms with Crippen LogP contribution in [-0.4, -0.2) is 38.3 Å². The van der Waals surface area contributed by atoms with Crippen LogP contribution in [0.1, 0.15) is 41.7 Å². The van der Waals surface area contributed by atoms with Crippen molar-refractivity contribution in [3.63, 3.8) is 0 Å². The first kappa shape index (κ1) is 33.7. The fourth-order valence-electron chi connectivity index (χ4n) is 5.92. The smallest absolute Gasteiger partial charge is 0.200 e. The summed E-state index contributed by atoms with van der Waals surface area (Å²) < 4.78 is 60.4. The van der Waals surface area contributed by atoms with E-state index in [2.05, 4.69) is 0 Å². The second kappa shape index (κ2) is 15.3. The lowest BCUT2D eigenvalue weighted by molar-refractivity contribution is -0.348. The van der Waals surface area contributed by atoms with Gasteiger partial charge in [0.1, 0.15) is 12.2 Å². The monoisotopic (exact) mass is 650 g/mol. The maximum absolute atomic E-state index is 15.1. The Morgan fingerprint density at radius 3 is 2.07 bits per heavy atom. The molecule has 4 aromatic carbocycles. The van der Waals surface area contributed by atoms with Gasteiger partial charge in [-0.15, -0.1) is 0 Å². The van der Waals surface area contributed by atoms with Crippen molar-refractivity contribution in [1.82, 2.24) is 0 Å². The van der Waals surface area contributed by atoms with Crippen LogP contribution in [0, 0.1) is 17.6 Å². The number of benzene rings is 4. The van der Waals surface area contributed by atoms with Crippen LogP contribution in [0.5, 0.6) is 5.75 Å². The van der Waals surface area contributed by atoms with Crippen LogP contribution in [0.25, 0.3) is 0 Å². The van der Waals surface area contributed by atoms with Crippen LogP contribution in [-0.2, 0) is 49.2 Å². The highest BCUT2D eigenvalue weighted by Gasteiger charge is 2.55. The Kier molecular flexibility index (Phi) is 11.2. The topological polar surface area (TPSA) is 63.2 Å². The van der Waals surface area contributed by atoms with Gasteiger partial charge in [0, 0.05) is 30.0 Å². The highest BCUT2D eigenvalue weighted by molar-refractivity contribution is 6.31. The van der Waals surface area contributed by atoms with E-state index in [1.54, 1.807) is 25.1 Å². The minimum Gasteiger partial charge on any atom is -0.491 e. The van der Waals surface area contributed by atoms with Crippen LogP contribution in [0.15, 0.2) is 91.0 Å². The Bertz CT molecular complexity index is 1600. The van der Waals surface area contributed by atoms with Crippen LogP contribution in [0.2, 0.25) is 5.02 Å². The number of rotatable bonds is 13. The van der Waals surface area contributed by atoms with Gasteiger partial charge in [-0.3, -0.25) is 0 Å². The first-order valence-electron chi connectivity index (χ1n) is 15.2. The van der Waals surface area contributed by atoms with Gasteiger partial charge < -0.3 is 28.5 Å². The first-order chi connectivity index (χ1) is 22.3. The van der Waals surface area contributed by atoms with Crippen LogP contribution >= 0.6 is 11.6 Å². The highest BCUT2D eigenvalue weighted by atomic mass is 35.5. The molecule has 1 saturated heterocycles. The molecule has 4 aromatic rings. The zero-order valence-corrected chi connectivity index (χ0v) is 26.7. The third-order valence-corrected chi connectivity index (χ3v) is 8.68. The molecule has 0 amide bonds. The zero-order valence-electron chi connectivity index (χ0n) is 26.0. The average molecular weight is 651 g/mol. The van der Waals surface area contributed by atoms with Crippen molar-refractivity contribution in [2.75, 3.05) is 13.7 Å². The van der Waals surface area contributed by atoms with Crippen molar-refractivity contribution >= 4 is 17.9 Å². The van der Waals surface area contributed by atoms with E-state index in [1.807, 2.05) is 67.6 Å². The number of carbonyl (C=O) groups is 1. The van der Waals surface area contributed by atoms with E-state index in [0.717, 1.165) is 11.1 Å². The van der Waals surface area contributed by atoms with Crippen molar-refractivity contribution < 1.29 is 37.3 Å². The van der Waals surface area contributed by atoms with E-state index in [4.69, 9.17) is 35.3 Å². The predicted octanol–water partition coefficient (Wildman–Crippen LogP) is 7.81. The SMILES string of the molecule is CCOc1ccc(Cc2cc(C3(OC)OC(C=O)C(OCc4ccccc4)C(OCc4ccccc4)C3C)ccc2Cl)c(F)c1F. The second-order valence-electron chi connectivity index (χ2n) is 11.2. The van der Waals surface area contributed by atoms with Gasteiger partial charge in [0.05, 0.1) is 25.9 Å². The highest BCUT2D eigenvalue weighted by Crippen LogP contribution is 2.46. The number of methoxy groups -OCH3 is 1. The lowest BCUT2D eigenvalue weighted by atomic mass is 9.81. The average Bonchev–Trinajstić information content (AvgIpc) is 3.08. The van der Waals surface area contributed by atoms with Crippen molar-refractivity contribution in [1.29, 1.82) is 0 Å². The lowest BCUT2D eigenvalue weighted by Crippen LogP contribution is -2.61. The van der Waals surface area contributed by atoms with E-state index in [-0.39, 0.29) is 37.6 Å². The summed E-state index contributed by atoms with van der Waals surface area (Å²) in [5.74, 6) is -4.20. The summed E-state index contributed by atoms with van der Waals surface area (Å²) >= 11 is 6.58. The van der Waals surface area contributed by atoms with Gasteiger partial charge in [-0.2, -0.15) is 4.39 Å². The molecule has 6 nitrogen and oxygen atoms in total. The van der Waals surface area contributed by atoms with Crippen LogP contribution < -0.4 is 4.74 Å². The molecule has 0 spiro atoms. The summed E-state index contributed by atoms with van der Waals surface area (Å²) in [4.78, 5) is 12.6. The van der Waals surface area contributed by atoms with Gasteiger partial charge >= 0.3 is 0 Å². The molecule has 46 heavy (non-hydrogen) atoms. The maximum atomic E-state index is 15.1. The molecule has 0 aromatic heterocycles. The fourth-order valence-corrected chi connectivity index (χ4v) is 6.11. The minimum atomic E-state index is -1.47. The molecule has 0 bridgehead atoms. The molecule has 5 unspecified atom stereocenters. The fraction of sp³-hybridized carbons (Fsp3) is 0.324. The molecule has 0 radical (unpaired) electrons.